The van der Waals surface area contributed by atoms with Gasteiger partial charge in [-0.1, -0.05) is 42.8 Å². The van der Waals surface area contributed by atoms with E-state index in [0.29, 0.717) is 10.2 Å². The molecule has 0 aliphatic heterocycles. The van der Waals surface area contributed by atoms with Crippen LogP contribution in [-0.4, -0.2) is 11.9 Å². The highest BCUT2D eigenvalue weighted by atomic mass is 79.9. The SMILES string of the molecule is COc1ccc(CCC(Br)C(C)(C)C)cc1Br. The Morgan fingerprint density at radius 1 is 1.29 bits per heavy atom. The number of hydrogen-bond acceptors (Lipinski definition) is 1. The molecular weight excluding hydrogens is 344 g/mol. The molecule has 1 nitrogen and oxygen atoms in total. The van der Waals surface area contributed by atoms with Crippen LogP contribution in [0.25, 0.3) is 0 Å². The molecule has 1 aromatic carbocycles. The highest BCUT2D eigenvalue weighted by molar-refractivity contribution is 9.10. The van der Waals surface area contributed by atoms with Gasteiger partial charge in [-0.2, -0.15) is 0 Å². The highest BCUT2D eigenvalue weighted by Gasteiger charge is 2.21. The van der Waals surface area contributed by atoms with E-state index < -0.39 is 0 Å². The van der Waals surface area contributed by atoms with Crippen LogP contribution in [0.5, 0.6) is 5.75 Å². The first-order valence-electron chi connectivity index (χ1n) is 5.81. The van der Waals surface area contributed by atoms with Gasteiger partial charge in [0.2, 0.25) is 0 Å². The summed E-state index contributed by atoms with van der Waals surface area (Å²) in [6.45, 7) is 6.78. The molecule has 0 aliphatic carbocycles. The van der Waals surface area contributed by atoms with E-state index in [2.05, 4.69) is 64.8 Å². The summed E-state index contributed by atoms with van der Waals surface area (Å²) in [7, 11) is 1.69. The van der Waals surface area contributed by atoms with Crippen LogP contribution in [0.4, 0.5) is 0 Å². The zero-order chi connectivity index (χ0) is 13.1. The standard InChI is InChI=1S/C14H20Br2O/c1-14(2,3)13(16)8-6-10-5-7-12(17-4)11(15)9-10/h5,7,9,13H,6,8H2,1-4H3. The molecule has 1 rings (SSSR count). The van der Waals surface area contributed by atoms with Crippen molar-refractivity contribution in [2.75, 3.05) is 7.11 Å². The Balaban J connectivity index is 2.61. The van der Waals surface area contributed by atoms with E-state index in [1.165, 1.54) is 5.56 Å². The van der Waals surface area contributed by atoms with Crippen molar-refractivity contribution >= 4 is 31.9 Å². The second-order valence-corrected chi connectivity index (χ2v) is 7.30. The Kier molecular flexibility index (Phi) is 5.52. The van der Waals surface area contributed by atoms with Gasteiger partial charge in [0.1, 0.15) is 5.75 Å². The van der Waals surface area contributed by atoms with Gasteiger partial charge in [0.15, 0.2) is 0 Å². The monoisotopic (exact) mass is 362 g/mol. The van der Waals surface area contributed by atoms with Crippen molar-refractivity contribution in [2.24, 2.45) is 5.41 Å². The van der Waals surface area contributed by atoms with E-state index in [-0.39, 0.29) is 0 Å². The van der Waals surface area contributed by atoms with E-state index in [1.807, 2.05) is 6.07 Å². The second kappa shape index (κ2) is 6.24. The van der Waals surface area contributed by atoms with Gasteiger partial charge in [0, 0.05) is 4.83 Å². The van der Waals surface area contributed by atoms with Crippen molar-refractivity contribution in [1.82, 2.24) is 0 Å². The van der Waals surface area contributed by atoms with Gasteiger partial charge in [0.25, 0.3) is 0 Å². The van der Waals surface area contributed by atoms with Gasteiger partial charge in [0.05, 0.1) is 11.6 Å². The quantitative estimate of drug-likeness (QED) is 0.668. The molecule has 0 heterocycles. The summed E-state index contributed by atoms with van der Waals surface area (Å²) in [5, 5.41) is 0. The molecule has 0 amide bonds. The number of hydrogen-bond donors (Lipinski definition) is 0. The number of ether oxygens (including phenoxy) is 1. The van der Waals surface area contributed by atoms with Crippen LogP contribution in [0.3, 0.4) is 0 Å². The van der Waals surface area contributed by atoms with Crippen LogP contribution >= 0.6 is 31.9 Å². The highest BCUT2D eigenvalue weighted by Crippen LogP contribution is 2.31. The lowest BCUT2D eigenvalue weighted by Crippen LogP contribution is -2.20. The Labute approximate surface area is 121 Å². The van der Waals surface area contributed by atoms with E-state index in [0.717, 1.165) is 23.1 Å². The summed E-state index contributed by atoms with van der Waals surface area (Å²) in [6.07, 6.45) is 2.22. The molecule has 3 heteroatoms. The molecule has 0 fully saturated rings. The molecule has 0 saturated heterocycles. The Morgan fingerprint density at radius 3 is 2.41 bits per heavy atom. The molecule has 0 bridgehead atoms. The van der Waals surface area contributed by atoms with Crippen molar-refractivity contribution in [2.45, 2.75) is 38.4 Å². The molecule has 1 atom stereocenters. The molecular formula is C14H20Br2O. The molecule has 17 heavy (non-hydrogen) atoms. The second-order valence-electron chi connectivity index (χ2n) is 5.34. The maximum absolute atomic E-state index is 5.22. The lowest BCUT2D eigenvalue weighted by Gasteiger charge is -2.25. The molecule has 1 unspecified atom stereocenters. The van der Waals surface area contributed by atoms with Gasteiger partial charge in [-0.25, -0.2) is 0 Å². The third kappa shape index (κ3) is 4.63. The minimum absolute atomic E-state index is 0.309. The number of rotatable bonds is 4. The van der Waals surface area contributed by atoms with Gasteiger partial charge in [-0.05, 0) is 51.9 Å². The van der Waals surface area contributed by atoms with Crippen LogP contribution in [0.2, 0.25) is 0 Å². The Bertz CT molecular complexity index is 369. The average molecular weight is 364 g/mol. The van der Waals surface area contributed by atoms with Crippen molar-refractivity contribution in [1.29, 1.82) is 0 Å². The fraction of sp³-hybridized carbons (Fsp3) is 0.571. The van der Waals surface area contributed by atoms with Crippen molar-refractivity contribution in [3.8, 4) is 5.75 Å². The predicted octanol–water partition coefficient (Wildman–Crippen LogP) is 5.20. The minimum Gasteiger partial charge on any atom is -0.496 e. The van der Waals surface area contributed by atoms with Gasteiger partial charge < -0.3 is 4.74 Å². The minimum atomic E-state index is 0.309. The zero-order valence-corrected chi connectivity index (χ0v) is 14.1. The van der Waals surface area contributed by atoms with Crippen molar-refractivity contribution < 1.29 is 4.74 Å². The molecule has 1 aromatic rings. The molecule has 0 aromatic heterocycles. The largest absolute Gasteiger partial charge is 0.496 e. The number of halogens is 2. The maximum Gasteiger partial charge on any atom is 0.133 e. The number of benzene rings is 1. The van der Waals surface area contributed by atoms with E-state index in [9.17, 15) is 0 Å². The molecule has 0 radical (unpaired) electrons. The van der Waals surface area contributed by atoms with Crippen LogP contribution in [0, 0.1) is 5.41 Å². The first-order chi connectivity index (χ1) is 7.84. The van der Waals surface area contributed by atoms with Gasteiger partial charge >= 0.3 is 0 Å². The van der Waals surface area contributed by atoms with Crippen LogP contribution in [0.15, 0.2) is 22.7 Å². The van der Waals surface area contributed by atoms with E-state index in [1.54, 1.807) is 7.11 Å². The smallest absolute Gasteiger partial charge is 0.133 e. The fourth-order valence-corrected chi connectivity index (χ4v) is 2.41. The third-order valence-corrected chi connectivity index (χ3v) is 5.29. The van der Waals surface area contributed by atoms with E-state index >= 15 is 0 Å². The van der Waals surface area contributed by atoms with Crippen LogP contribution in [0.1, 0.15) is 32.8 Å². The summed E-state index contributed by atoms with van der Waals surface area (Å²) in [5.74, 6) is 0.889. The lowest BCUT2D eigenvalue weighted by atomic mass is 9.89. The normalized spacial score (nSPS) is 13.5. The molecule has 0 saturated carbocycles. The third-order valence-electron chi connectivity index (χ3n) is 2.84. The van der Waals surface area contributed by atoms with Crippen LogP contribution in [-0.2, 0) is 6.42 Å². The summed E-state index contributed by atoms with van der Waals surface area (Å²) >= 11 is 7.28. The van der Waals surface area contributed by atoms with Crippen molar-refractivity contribution in [3.63, 3.8) is 0 Å². The predicted molar refractivity (Wildman–Crippen MR) is 81.2 cm³/mol. The Hall–Kier alpha value is -0.0200. The number of aryl methyl sites for hydroxylation is 1. The number of alkyl halides is 1. The lowest BCUT2D eigenvalue weighted by molar-refractivity contribution is 0.385. The first kappa shape index (κ1) is 15.0. The topological polar surface area (TPSA) is 9.23 Å². The summed E-state index contributed by atoms with van der Waals surface area (Å²) in [5.41, 5.74) is 1.65. The maximum atomic E-state index is 5.22. The molecule has 96 valence electrons. The summed E-state index contributed by atoms with van der Waals surface area (Å²) in [6, 6.07) is 6.28. The number of methoxy groups -OCH3 is 1. The van der Waals surface area contributed by atoms with E-state index in [4.69, 9.17) is 4.74 Å². The molecule has 0 spiro atoms. The van der Waals surface area contributed by atoms with Gasteiger partial charge in [-0.3, -0.25) is 0 Å². The van der Waals surface area contributed by atoms with Gasteiger partial charge in [-0.15, -0.1) is 0 Å². The first-order valence-corrected chi connectivity index (χ1v) is 7.52. The fourth-order valence-electron chi connectivity index (χ4n) is 1.59. The van der Waals surface area contributed by atoms with Crippen LogP contribution < -0.4 is 4.74 Å². The molecule has 0 N–H and O–H groups in total. The Morgan fingerprint density at radius 2 is 1.94 bits per heavy atom. The van der Waals surface area contributed by atoms with Crippen molar-refractivity contribution in [3.05, 3.63) is 28.2 Å². The average Bonchev–Trinajstić information content (AvgIpc) is 2.24. The zero-order valence-electron chi connectivity index (χ0n) is 10.9. The summed E-state index contributed by atoms with van der Waals surface area (Å²) < 4.78 is 6.25. The molecule has 0 aliphatic rings. The summed E-state index contributed by atoms with van der Waals surface area (Å²) in [4.78, 5) is 0.538.